The number of hydrogen-bond donors (Lipinski definition) is 1. The van der Waals surface area contributed by atoms with Crippen LogP contribution < -0.4 is 5.32 Å². The molecule has 9 heteroatoms. The average molecular weight is 525 g/mol. The van der Waals surface area contributed by atoms with Crippen LogP contribution in [0.15, 0.2) is 77.4 Å². The second-order valence-electron chi connectivity index (χ2n) is 8.98. The van der Waals surface area contributed by atoms with Gasteiger partial charge in [0.05, 0.1) is 26.0 Å². The van der Waals surface area contributed by atoms with Gasteiger partial charge in [-0.1, -0.05) is 41.9 Å². The van der Waals surface area contributed by atoms with Gasteiger partial charge in [-0.15, -0.1) is 0 Å². The van der Waals surface area contributed by atoms with Gasteiger partial charge in [0.1, 0.15) is 12.3 Å². The van der Waals surface area contributed by atoms with Crippen LogP contribution in [0.3, 0.4) is 0 Å². The molecule has 3 aromatic rings. The number of anilines is 1. The van der Waals surface area contributed by atoms with Crippen LogP contribution in [-0.2, 0) is 22.6 Å². The Bertz CT molecular complexity index is 1100. The zero-order valence-electron chi connectivity index (χ0n) is 20.9. The second-order valence-corrected chi connectivity index (χ2v) is 9.42. The number of urea groups is 1. The standard InChI is InChI=1S/C28H33ClN4O4/c29-24-9-11-25(12-10-24)30-28(35)32(14-5-13-31-15-18-36-19-16-31)22-27(34)33(21-26-8-4-17-37-26)20-23-6-2-1-3-7-23/h1-4,6-12,17H,5,13-16,18-22H2,(H,30,35). The molecule has 2 heterocycles. The van der Waals surface area contributed by atoms with Crippen LogP contribution in [0.5, 0.6) is 0 Å². The molecule has 8 nitrogen and oxygen atoms in total. The van der Waals surface area contributed by atoms with E-state index in [2.05, 4.69) is 10.2 Å². The SMILES string of the molecule is O=C(CN(CCCN1CCOCC1)C(=O)Nc1ccc(Cl)cc1)N(Cc1ccccc1)Cc1ccco1. The normalized spacial score (nSPS) is 13.8. The Labute approximate surface area is 222 Å². The van der Waals surface area contributed by atoms with Crippen LogP contribution in [0.1, 0.15) is 17.7 Å². The highest BCUT2D eigenvalue weighted by atomic mass is 35.5. The van der Waals surface area contributed by atoms with Crippen molar-refractivity contribution in [3.05, 3.63) is 89.3 Å². The van der Waals surface area contributed by atoms with Crippen LogP contribution in [-0.4, -0.2) is 72.6 Å². The molecule has 1 saturated heterocycles. The molecule has 3 amide bonds. The van der Waals surface area contributed by atoms with Gasteiger partial charge in [-0.25, -0.2) is 4.79 Å². The lowest BCUT2D eigenvalue weighted by molar-refractivity contribution is -0.133. The van der Waals surface area contributed by atoms with Crippen molar-refractivity contribution in [3.63, 3.8) is 0 Å². The summed E-state index contributed by atoms with van der Waals surface area (Å²) in [6.07, 6.45) is 2.34. The van der Waals surface area contributed by atoms with E-state index in [-0.39, 0.29) is 18.5 Å². The van der Waals surface area contributed by atoms with Crippen molar-refractivity contribution in [1.82, 2.24) is 14.7 Å². The largest absolute Gasteiger partial charge is 0.467 e. The monoisotopic (exact) mass is 524 g/mol. The van der Waals surface area contributed by atoms with Gasteiger partial charge in [-0.05, 0) is 48.4 Å². The minimum Gasteiger partial charge on any atom is -0.467 e. The maximum atomic E-state index is 13.6. The second kappa shape index (κ2) is 13.8. The Kier molecular flexibility index (Phi) is 9.99. The van der Waals surface area contributed by atoms with E-state index in [1.807, 2.05) is 36.4 Å². The number of carbonyl (C=O) groups is 2. The van der Waals surface area contributed by atoms with Crippen LogP contribution >= 0.6 is 11.6 Å². The van der Waals surface area contributed by atoms with Gasteiger partial charge in [0.2, 0.25) is 5.91 Å². The smallest absolute Gasteiger partial charge is 0.322 e. The highest BCUT2D eigenvalue weighted by molar-refractivity contribution is 6.30. The molecule has 0 aliphatic carbocycles. The molecule has 1 aliphatic rings. The number of nitrogens with zero attached hydrogens (tertiary/aromatic N) is 3. The Balaban J connectivity index is 1.45. The maximum absolute atomic E-state index is 13.6. The Morgan fingerprint density at radius 1 is 0.919 bits per heavy atom. The Hall–Kier alpha value is -3.33. The van der Waals surface area contributed by atoms with Gasteiger partial charge in [0, 0.05) is 43.4 Å². The number of morpholine rings is 1. The first kappa shape index (κ1) is 26.7. The summed E-state index contributed by atoms with van der Waals surface area (Å²) in [5, 5.41) is 3.49. The molecule has 0 spiro atoms. The number of halogens is 1. The molecule has 0 saturated carbocycles. The third-order valence-corrected chi connectivity index (χ3v) is 6.46. The molecule has 0 radical (unpaired) electrons. The summed E-state index contributed by atoms with van der Waals surface area (Å²) in [7, 11) is 0. The minimum absolute atomic E-state index is 0.0456. The number of ether oxygens (including phenoxy) is 1. The first-order valence-electron chi connectivity index (χ1n) is 12.5. The van der Waals surface area contributed by atoms with Crippen LogP contribution in [0, 0.1) is 0 Å². The van der Waals surface area contributed by atoms with E-state index in [0.717, 1.165) is 44.8 Å². The number of furan rings is 1. The number of amides is 3. The number of rotatable bonds is 11. The summed E-state index contributed by atoms with van der Waals surface area (Å²) in [4.78, 5) is 32.5. The molecule has 196 valence electrons. The predicted molar refractivity (Wildman–Crippen MR) is 143 cm³/mol. The summed E-state index contributed by atoms with van der Waals surface area (Å²) in [6, 6.07) is 20.0. The summed E-state index contributed by atoms with van der Waals surface area (Å²) in [5.41, 5.74) is 1.63. The predicted octanol–water partition coefficient (Wildman–Crippen LogP) is 4.72. The van der Waals surface area contributed by atoms with Crippen LogP contribution in [0.25, 0.3) is 0 Å². The van der Waals surface area contributed by atoms with E-state index >= 15 is 0 Å². The van der Waals surface area contributed by atoms with Crippen molar-refractivity contribution in [1.29, 1.82) is 0 Å². The summed E-state index contributed by atoms with van der Waals surface area (Å²) < 4.78 is 10.9. The van der Waals surface area contributed by atoms with E-state index < -0.39 is 0 Å². The molecule has 1 aliphatic heterocycles. The number of benzene rings is 2. The van der Waals surface area contributed by atoms with Crippen molar-refractivity contribution in [2.75, 3.05) is 51.3 Å². The molecule has 1 fully saturated rings. The van der Waals surface area contributed by atoms with E-state index in [0.29, 0.717) is 36.1 Å². The highest BCUT2D eigenvalue weighted by Gasteiger charge is 2.23. The van der Waals surface area contributed by atoms with Crippen molar-refractivity contribution >= 4 is 29.2 Å². The lowest BCUT2D eigenvalue weighted by atomic mass is 10.2. The van der Waals surface area contributed by atoms with Gasteiger partial charge in [-0.3, -0.25) is 9.69 Å². The maximum Gasteiger partial charge on any atom is 0.322 e. The lowest BCUT2D eigenvalue weighted by Gasteiger charge is -2.30. The molecule has 1 aromatic heterocycles. The van der Waals surface area contributed by atoms with E-state index in [4.69, 9.17) is 20.8 Å². The molecule has 37 heavy (non-hydrogen) atoms. The van der Waals surface area contributed by atoms with Gasteiger partial charge in [-0.2, -0.15) is 0 Å². The van der Waals surface area contributed by atoms with Crippen molar-refractivity contribution in [2.45, 2.75) is 19.5 Å². The van der Waals surface area contributed by atoms with Crippen molar-refractivity contribution < 1.29 is 18.7 Å². The van der Waals surface area contributed by atoms with Crippen LogP contribution in [0.2, 0.25) is 5.02 Å². The topological polar surface area (TPSA) is 78.3 Å². The fourth-order valence-electron chi connectivity index (χ4n) is 4.19. The van der Waals surface area contributed by atoms with Gasteiger partial charge < -0.3 is 24.3 Å². The highest BCUT2D eigenvalue weighted by Crippen LogP contribution is 2.15. The zero-order chi connectivity index (χ0) is 25.9. The molecule has 0 bridgehead atoms. The fraction of sp³-hybridized carbons (Fsp3) is 0.357. The first-order chi connectivity index (χ1) is 18.1. The number of hydrogen-bond acceptors (Lipinski definition) is 5. The third kappa shape index (κ3) is 8.63. The minimum atomic E-state index is -0.324. The lowest BCUT2D eigenvalue weighted by Crippen LogP contribution is -2.45. The van der Waals surface area contributed by atoms with E-state index in [9.17, 15) is 9.59 Å². The Morgan fingerprint density at radius 3 is 2.38 bits per heavy atom. The quantitative estimate of drug-likeness (QED) is 0.393. The summed E-state index contributed by atoms with van der Waals surface area (Å²) >= 11 is 5.99. The molecule has 0 atom stereocenters. The number of nitrogens with one attached hydrogen (secondary N) is 1. The van der Waals surface area contributed by atoms with Gasteiger partial charge >= 0.3 is 6.03 Å². The summed E-state index contributed by atoms with van der Waals surface area (Å²) in [5.74, 6) is 0.534. The molecular weight excluding hydrogens is 492 g/mol. The molecule has 2 aromatic carbocycles. The van der Waals surface area contributed by atoms with Crippen LogP contribution in [0.4, 0.5) is 10.5 Å². The summed E-state index contributed by atoms with van der Waals surface area (Å²) in [6.45, 7) is 5.18. The van der Waals surface area contributed by atoms with Crippen molar-refractivity contribution in [3.8, 4) is 0 Å². The van der Waals surface area contributed by atoms with Crippen molar-refractivity contribution in [2.24, 2.45) is 0 Å². The van der Waals surface area contributed by atoms with E-state index in [1.165, 1.54) is 0 Å². The van der Waals surface area contributed by atoms with Gasteiger partial charge in [0.15, 0.2) is 0 Å². The zero-order valence-corrected chi connectivity index (χ0v) is 21.6. The molecule has 4 rings (SSSR count). The Morgan fingerprint density at radius 2 is 1.68 bits per heavy atom. The number of carbonyl (C=O) groups excluding carboxylic acids is 2. The van der Waals surface area contributed by atoms with Gasteiger partial charge in [0.25, 0.3) is 0 Å². The fourth-order valence-corrected chi connectivity index (χ4v) is 4.31. The first-order valence-corrected chi connectivity index (χ1v) is 12.9. The molecule has 1 N–H and O–H groups in total. The molecule has 0 unspecified atom stereocenters. The molecular formula is C28H33ClN4O4. The third-order valence-electron chi connectivity index (χ3n) is 6.21. The van der Waals surface area contributed by atoms with E-state index in [1.54, 1.807) is 46.4 Å². The average Bonchev–Trinajstić information content (AvgIpc) is 3.43.